The van der Waals surface area contributed by atoms with E-state index in [4.69, 9.17) is 5.73 Å². The van der Waals surface area contributed by atoms with Crippen molar-refractivity contribution in [2.24, 2.45) is 23.5 Å². The molecule has 2 N–H and O–H groups in total. The molecule has 3 aliphatic rings. The number of hydrogen-bond acceptors (Lipinski definition) is 3. The summed E-state index contributed by atoms with van der Waals surface area (Å²) < 4.78 is 0. The first-order valence-electron chi connectivity index (χ1n) is 9.57. The van der Waals surface area contributed by atoms with Crippen LogP contribution in [-0.2, 0) is 4.79 Å². The van der Waals surface area contributed by atoms with Gasteiger partial charge in [-0.3, -0.25) is 4.79 Å². The number of hydrogen-bond donors (Lipinski definition) is 1. The maximum absolute atomic E-state index is 13.0. The van der Waals surface area contributed by atoms with Gasteiger partial charge in [0.15, 0.2) is 0 Å². The van der Waals surface area contributed by atoms with E-state index in [1.807, 2.05) is 6.07 Å². The fraction of sp³-hybridized carbons (Fsp3) is 0.650. The van der Waals surface area contributed by atoms with Crippen LogP contribution in [-0.4, -0.2) is 43.0 Å². The van der Waals surface area contributed by atoms with Crippen LogP contribution >= 0.6 is 0 Å². The van der Waals surface area contributed by atoms with E-state index in [2.05, 4.69) is 34.1 Å². The molecular weight excluding hydrogens is 298 g/mol. The summed E-state index contributed by atoms with van der Waals surface area (Å²) in [5, 5.41) is 0. The Kier molecular flexibility index (Phi) is 4.49. The Bertz CT molecular complexity index is 554. The molecule has 1 aromatic rings. The Morgan fingerprint density at radius 1 is 0.958 bits per heavy atom. The molecule has 3 fully saturated rings. The number of rotatable bonds is 2. The molecular formula is C20H29N3O. The van der Waals surface area contributed by atoms with E-state index in [-0.39, 0.29) is 5.92 Å². The number of nitrogens with zero attached hydrogens (tertiary/aromatic N) is 2. The Hall–Kier alpha value is -1.55. The molecule has 1 aromatic carbocycles. The van der Waals surface area contributed by atoms with Crippen LogP contribution in [0.2, 0.25) is 0 Å². The molecule has 1 aliphatic heterocycles. The molecule has 2 saturated carbocycles. The Balaban J connectivity index is 1.35. The fourth-order valence-electron chi connectivity index (χ4n) is 5.07. The summed E-state index contributed by atoms with van der Waals surface area (Å²) in [4.78, 5) is 17.5. The highest BCUT2D eigenvalue weighted by Gasteiger charge is 2.41. The van der Waals surface area contributed by atoms with E-state index in [0.29, 0.717) is 23.8 Å². The highest BCUT2D eigenvalue weighted by atomic mass is 16.2. The number of carbonyl (C=O) groups is 1. The Morgan fingerprint density at radius 3 is 2.21 bits per heavy atom. The highest BCUT2D eigenvalue weighted by Crippen LogP contribution is 2.42. The van der Waals surface area contributed by atoms with E-state index in [0.717, 1.165) is 39.0 Å². The van der Waals surface area contributed by atoms with Gasteiger partial charge in [-0.1, -0.05) is 24.6 Å². The molecule has 0 aromatic heterocycles. The number of nitrogens with two attached hydrogens (primary N) is 1. The topological polar surface area (TPSA) is 49.6 Å². The van der Waals surface area contributed by atoms with Gasteiger partial charge < -0.3 is 15.5 Å². The third-order valence-electron chi connectivity index (χ3n) is 6.47. The molecule has 130 valence electrons. The van der Waals surface area contributed by atoms with Gasteiger partial charge in [0.25, 0.3) is 0 Å². The molecule has 4 heteroatoms. The third kappa shape index (κ3) is 3.04. The summed E-state index contributed by atoms with van der Waals surface area (Å²) in [5.74, 6) is 1.78. The van der Waals surface area contributed by atoms with Gasteiger partial charge >= 0.3 is 0 Å². The second-order valence-corrected chi connectivity index (χ2v) is 7.84. The molecule has 2 bridgehead atoms. The normalized spacial score (nSPS) is 33.4. The molecule has 2 unspecified atom stereocenters. The van der Waals surface area contributed by atoms with Crippen LogP contribution in [0.25, 0.3) is 0 Å². The van der Waals surface area contributed by atoms with Crippen LogP contribution in [0.4, 0.5) is 5.69 Å². The standard InChI is InChI=1S/C20H29N3O/c21-19-15-5-4-6-16(19)14-17(13-15)20(24)23-11-9-22(10-12-23)18-7-2-1-3-8-18/h1-3,7-8,15-17,19H,4-6,9-14,21H2. The minimum absolute atomic E-state index is 0.225. The van der Waals surface area contributed by atoms with Crippen LogP contribution in [0.1, 0.15) is 32.1 Å². The number of anilines is 1. The Morgan fingerprint density at radius 2 is 1.58 bits per heavy atom. The number of para-hydroxylation sites is 1. The predicted octanol–water partition coefficient (Wildman–Crippen LogP) is 2.49. The number of benzene rings is 1. The molecule has 1 saturated heterocycles. The summed E-state index contributed by atoms with van der Waals surface area (Å²) in [6.07, 6.45) is 5.80. The van der Waals surface area contributed by atoms with E-state index in [1.165, 1.54) is 24.9 Å². The maximum atomic E-state index is 13.0. The van der Waals surface area contributed by atoms with E-state index in [1.54, 1.807) is 0 Å². The molecule has 0 spiro atoms. The second kappa shape index (κ2) is 6.75. The molecule has 1 amide bonds. The lowest BCUT2D eigenvalue weighted by atomic mass is 9.65. The number of fused-ring (bicyclic) bond motifs is 2. The van der Waals surface area contributed by atoms with Crippen molar-refractivity contribution in [1.82, 2.24) is 4.90 Å². The highest BCUT2D eigenvalue weighted by molar-refractivity contribution is 5.79. The molecule has 4 nitrogen and oxygen atoms in total. The van der Waals surface area contributed by atoms with Gasteiger partial charge in [-0.2, -0.15) is 0 Å². The van der Waals surface area contributed by atoms with Crippen LogP contribution in [0.15, 0.2) is 30.3 Å². The van der Waals surface area contributed by atoms with Crippen LogP contribution in [0, 0.1) is 17.8 Å². The van der Waals surface area contributed by atoms with Crippen LogP contribution in [0.3, 0.4) is 0 Å². The van der Waals surface area contributed by atoms with Gasteiger partial charge in [0.2, 0.25) is 5.91 Å². The first-order valence-corrected chi connectivity index (χ1v) is 9.57. The average molecular weight is 327 g/mol. The first-order chi connectivity index (χ1) is 11.7. The quantitative estimate of drug-likeness (QED) is 0.908. The summed E-state index contributed by atoms with van der Waals surface area (Å²) >= 11 is 0. The monoisotopic (exact) mass is 327 g/mol. The lowest BCUT2D eigenvalue weighted by molar-refractivity contribution is -0.138. The lowest BCUT2D eigenvalue weighted by Gasteiger charge is -2.45. The van der Waals surface area contributed by atoms with Crippen molar-refractivity contribution < 1.29 is 4.79 Å². The maximum Gasteiger partial charge on any atom is 0.225 e. The smallest absolute Gasteiger partial charge is 0.225 e. The predicted molar refractivity (Wildman–Crippen MR) is 96.8 cm³/mol. The average Bonchev–Trinajstić information content (AvgIpc) is 2.62. The van der Waals surface area contributed by atoms with Gasteiger partial charge in [0, 0.05) is 43.8 Å². The van der Waals surface area contributed by atoms with E-state index >= 15 is 0 Å². The molecule has 2 atom stereocenters. The summed E-state index contributed by atoms with van der Waals surface area (Å²) in [6, 6.07) is 10.9. The van der Waals surface area contributed by atoms with Crippen molar-refractivity contribution in [2.45, 2.75) is 38.1 Å². The zero-order valence-corrected chi connectivity index (χ0v) is 14.4. The van der Waals surface area contributed by atoms with Crippen molar-refractivity contribution in [1.29, 1.82) is 0 Å². The van der Waals surface area contributed by atoms with Gasteiger partial charge in [-0.15, -0.1) is 0 Å². The zero-order valence-electron chi connectivity index (χ0n) is 14.4. The van der Waals surface area contributed by atoms with Gasteiger partial charge in [0.1, 0.15) is 0 Å². The number of amides is 1. The largest absolute Gasteiger partial charge is 0.368 e. The van der Waals surface area contributed by atoms with Crippen LogP contribution in [0.5, 0.6) is 0 Å². The minimum atomic E-state index is 0.225. The SMILES string of the molecule is NC1C2CCCC1CC(C(=O)N1CCN(c3ccccc3)CC1)C2. The number of piperazine rings is 1. The van der Waals surface area contributed by atoms with Crippen molar-refractivity contribution in [2.75, 3.05) is 31.1 Å². The molecule has 1 heterocycles. The zero-order chi connectivity index (χ0) is 16.5. The molecule has 0 radical (unpaired) electrons. The van der Waals surface area contributed by atoms with Crippen molar-refractivity contribution in [3.63, 3.8) is 0 Å². The van der Waals surface area contributed by atoms with Crippen molar-refractivity contribution >= 4 is 11.6 Å². The van der Waals surface area contributed by atoms with E-state index in [9.17, 15) is 4.79 Å². The lowest BCUT2D eigenvalue weighted by Crippen LogP contribution is -2.53. The third-order valence-corrected chi connectivity index (χ3v) is 6.47. The summed E-state index contributed by atoms with van der Waals surface area (Å²) in [5.41, 5.74) is 7.64. The van der Waals surface area contributed by atoms with Gasteiger partial charge in [-0.05, 0) is 49.7 Å². The molecule has 4 rings (SSSR count). The van der Waals surface area contributed by atoms with Gasteiger partial charge in [-0.25, -0.2) is 0 Å². The number of carbonyl (C=O) groups excluding carboxylic acids is 1. The summed E-state index contributed by atoms with van der Waals surface area (Å²) in [6.45, 7) is 3.58. The fourth-order valence-corrected chi connectivity index (χ4v) is 5.07. The summed E-state index contributed by atoms with van der Waals surface area (Å²) in [7, 11) is 0. The molecule has 2 aliphatic carbocycles. The molecule has 24 heavy (non-hydrogen) atoms. The van der Waals surface area contributed by atoms with Crippen molar-refractivity contribution in [3.8, 4) is 0 Å². The second-order valence-electron chi connectivity index (χ2n) is 7.84. The first kappa shape index (κ1) is 15.9. The van der Waals surface area contributed by atoms with Crippen molar-refractivity contribution in [3.05, 3.63) is 30.3 Å². The van der Waals surface area contributed by atoms with E-state index < -0.39 is 0 Å². The Labute approximate surface area is 145 Å². The van der Waals surface area contributed by atoms with Gasteiger partial charge in [0.05, 0.1) is 0 Å². The van der Waals surface area contributed by atoms with Crippen LogP contribution < -0.4 is 10.6 Å². The minimum Gasteiger partial charge on any atom is -0.368 e.